The van der Waals surface area contributed by atoms with Crippen LogP contribution >= 0.6 is 11.3 Å². The first kappa shape index (κ1) is 18.8. The molecule has 2 amide bonds. The van der Waals surface area contributed by atoms with Gasteiger partial charge in [0.2, 0.25) is 0 Å². The molecule has 0 bridgehead atoms. The Bertz CT molecular complexity index is 831. The number of carbonyl (C=O) groups is 2. The van der Waals surface area contributed by atoms with Crippen molar-refractivity contribution < 1.29 is 19.1 Å². The molecule has 0 radical (unpaired) electrons. The van der Waals surface area contributed by atoms with E-state index in [1.165, 1.54) is 11.3 Å². The van der Waals surface area contributed by atoms with Gasteiger partial charge in [0.05, 0.1) is 37.6 Å². The highest BCUT2D eigenvalue weighted by atomic mass is 32.1. The van der Waals surface area contributed by atoms with Gasteiger partial charge in [-0.3, -0.25) is 0 Å². The molecular formula is C19H21N3O4S. The van der Waals surface area contributed by atoms with Gasteiger partial charge in [0.15, 0.2) is 0 Å². The van der Waals surface area contributed by atoms with Crippen molar-refractivity contribution in [3.8, 4) is 5.75 Å². The van der Waals surface area contributed by atoms with Crippen LogP contribution in [0.4, 0.5) is 10.5 Å². The van der Waals surface area contributed by atoms with Crippen LogP contribution in [0.2, 0.25) is 0 Å². The lowest BCUT2D eigenvalue weighted by Gasteiger charge is -2.28. The molecule has 3 rings (SSSR count). The number of hydrogen-bond donors (Lipinski definition) is 3. The number of thiophene rings is 1. The first-order valence-corrected chi connectivity index (χ1v) is 9.39. The number of carbonyl (C=O) groups excluding carboxylic acids is 2. The average Bonchev–Trinajstić information content (AvgIpc) is 3.21. The second kappa shape index (κ2) is 8.59. The summed E-state index contributed by atoms with van der Waals surface area (Å²) in [5, 5.41) is 10.7. The highest BCUT2D eigenvalue weighted by Gasteiger charge is 2.34. The Labute approximate surface area is 161 Å². The van der Waals surface area contributed by atoms with Gasteiger partial charge in [0, 0.05) is 10.6 Å². The molecule has 0 spiro atoms. The molecule has 0 saturated carbocycles. The normalized spacial score (nSPS) is 16.4. The summed E-state index contributed by atoms with van der Waals surface area (Å²) >= 11 is 1.47. The third kappa shape index (κ3) is 4.40. The molecule has 0 fully saturated rings. The van der Waals surface area contributed by atoms with E-state index >= 15 is 0 Å². The van der Waals surface area contributed by atoms with Crippen molar-refractivity contribution in [1.82, 2.24) is 10.6 Å². The number of hydrogen-bond acceptors (Lipinski definition) is 6. The van der Waals surface area contributed by atoms with E-state index in [0.717, 1.165) is 16.3 Å². The van der Waals surface area contributed by atoms with E-state index < -0.39 is 12.0 Å². The van der Waals surface area contributed by atoms with Gasteiger partial charge in [-0.2, -0.15) is 0 Å². The van der Waals surface area contributed by atoms with Gasteiger partial charge in [0.1, 0.15) is 5.75 Å². The Morgan fingerprint density at radius 1 is 1.26 bits per heavy atom. The van der Waals surface area contributed by atoms with E-state index in [9.17, 15) is 9.59 Å². The van der Waals surface area contributed by atoms with Crippen molar-refractivity contribution in [3.05, 3.63) is 57.9 Å². The summed E-state index contributed by atoms with van der Waals surface area (Å²) in [7, 11) is 1.61. The first-order chi connectivity index (χ1) is 13.1. The van der Waals surface area contributed by atoms with Crippen LogP contribution < -0.4 is 20.7 Å². The quantitative estimate of drug-likeness (QED) is 0.636. The van der Waals surface area contributed by atoms with Gasteiger partial charge in [0.25, 0.3) is 0 Å². The zero-order chi connectivity index (χ0) is 19.2. The molecule has 1 aromatic heterocycles. The molecule has 1 atom stereocenters. The lowest BCUT2D eigenvalue weighted by Crippen LogP contribution is -2.47. The first-order valence-electron chi connectivity index (χ1n) is 8.51. The van der Waals surface area contributed by atoms with Crippen molar-refractivity contribution in [2.45, 2.75) is 13.0 Å². The number of urea groups is 1. The zero-order valence-corrected chi connectivity index (χ0v) is 15.9. The molecule has 8 heteroatoms. The largest absolute Gasteiger partial charge is 0.497 e. The van der Waals surface area contributed by atoms with Crippen LogP contribution in [0.3, 0.4) is 0 Å². The van der Waals surface area contributed by atoms with Gasteiger partial charge in [-0.25, -0.2) is 9.59 Å². The molecule has 27 heavy (non-hydrogen) atoms. The Hall–Kier alpha value is -3.00. The SMILES string of the molecule is CCOC(=O)C1=C(CNc2ccc(OC)cc2)NC(=O)N[C@@H]1c1cccs1. The molecule has 3 N–H and O–H groups in total. The summed E-state index contributed by atoms with van der Waals surface area (Å²) < 4.78 is 10.4. The fourth-order valence-electron chi connectivity index (χ4n) is 2.78. The van der Waals surface area contributed by atoms with Crippen LogP contribution in [0.1, 0.15) is 17.8 Å². The van der Waals surface area contributed by atoms with Crippen LogP contribution in [0, 0.1) is 0 Å². The summed E-state index contributed by atoms with van der Waals surface area (Å²) in [6, 6.07) is 10.3. The molecule has 1 aromatic carbocycles. The molecule has 1 aliphatic heterocycles. The van der Waals surface area contributed by atoms with E-state index in [0.29, 0.717) is 11.3 Å². The van der Waals surface area contributed by atoms with Gasteiger partial charge < -0.3 is 25.4 Å². The van der Waals surface area contributed by atoms with Crippen LogP contribution in [-0.2, 0) is 9.53 Å². The fraction of sp³-hybridized carbons (Fsp3) is 0.263. The maximum Gasteiger partial charge on any atom is 0.338 e. The molecule has 1 aliphatic rings. The predicted octanol–water partition coefficient (Wildman–Crippen LogP) is 3.04. The third-order valence-corrected chi connectivity index (χ3v) is 4.97. The molecule has 0 aliphatic carbocycles. The summed E-state index contributed by atoms with van der Waals surface area (Å²) in [4.78, 5) is 25.6. The molecule has 0 saturated heterocycles. The van der Waals surface area contributed by atoms with Gasteiger partial charge in [-0.1, -0.05) is 6.07 Å². The van der Waals surface area contributed by atoms with Gasteiger partial charge in [-0.15, -0.1) is 11.3 Å². The number of ether oxygens (including phenoxy) is 2. The van der Waals surface area contributed by atoms with Crippen molar-refractivity contribution >= 4 is 29.0 Å². The van der Waals surface area contributed by atoms with Crippen molar-refractivity contribution in [1.29, 1.82) is 0 Å². The highest BCUT2D eigenvalue weighted by Crippen LogP contribution is 2.30. The monoisotopic (exact) mass is 387 g/mol. The van der Waals surface area contributed by atoms with E-state index in [1.807, 2.05) is 41.8 Å². The molecule has 7 nitrogen and oxygen atoms in total. The van der Waals surface area contributed by atoms with E-state index in [1.54, 1.807) is 14.0 Å². The van der Waals surface area contributed by atoms with Crippen molar-refractivity contribution in [2.75, 3.05) is 25.6 Å². The minimum atomic E-state index is -0.537. The lowest BCUT2D eigenvalue weighted by molar-refractivity contribution is -0.139. The number of amides is 2. The summed E-state index contributed by atoms with van der Waals surface area (Å²) in [6.07, 6.45) is 0. The highest BCUT2D eigenvalue weighted by molar-refractivity contribution is 7.10. The minimum Gasteiger partial charge on any atom is -0.497 e. The second-order valence-electron chi connectivity index (χ2n) is 5.74. The molecule has 2 heterocycles. The number of anilines is 1. The number of benzene rings is 1. The fourth-order valence-corrected chi connectivity index (χ4v) is 3.56. The van der Waals surface area contributed by atoms with Crippen LogP contribution in [0.25, 0.3) is 0 Å². The maximum absolute atomic E-state index is 12.6. The minimum absolute atomic E-state index is 0.257. The van der Waals surface area contributed by atoms with Crippen molar-refractivity contribution in [2.24, 2.45) is 0 Å². The van der Waals surface area contributed by atoms with Crippen molar-refractivity contribution in [3.63, 3.8) is 0 Å². The summed E-state index contributed by atoms with van der Waals surface area (Å²) in [5.41, 5.74) is 1.73. The van der Waals surface area contributed by atoms with Gasteiger partial charge >= 0.3 is 12.0 Å². The number of methoxy groups -OCH3 is 1. The lowest BCUT2D eigenvalue weighted by atomic mass is 10.0. The summed E-state index contributed by atoms with van der Waals surface area (Å²) in [6.45, 7) is 2.28. The predicted molar refractivity (Wildman–Crippen MR) is 104 cm³/mol. The smallest absolute Gasteiger partial charge is 0.338 e. The Morgan fingerprint density at radius 2 is 2.04 bits per heavy atom. The molecule has 142 valence electrons. The Balaban J connectivity index is 1.88. The van der Waals surface area contributed by atoms with E-state index in [-0.39, 0.29) is 19.2 Å². The molecular weight excluding hydrogens is 366 g/mol. The Kier molecular flexibility index (Phi) is 5.97. The number of esters is 1. The maximum atomic E-state index is 12.6. The standard InChI is InChI=1S/C19H21N3O4S/c1-3-26-18(23)16-14(11-20-12-6-8-13(25-2)9-7-12)21-19(24)22-17(16)15-5-4-10-27-15/h4-10,17,20H,3,11H2,1-2H3,(H2,21,22,24)/t17-/m1/s1. The number of rotatable bonds is 7. The number of nitrogens with one attached hydrogen (secondary N) is 3. The third-order valence-electron chi connectivity index (χ3n) is 4.04. The Morgan fingerprint density at radius 3 is 2.67 bits per heavy atom. The van der Waals surface area contributed by atoms with E-state index in [4.69, 9.17) is 9.47 Å². The molecule has 2 aromatic rings. The van der Waals surface area contributed by atoms with Crippen LogP contribution in [-0.4, -0.2) is 32.3 Å². The molecule has 0 unspecified atom stereocenters. The van der Waals surface area contributed by atoms with E-state index in [2.05, 4.69) is 16.0 Å². The van der Waals surface area contributed by atoms with Crippen LogP contribution in [0.15, 0.2) is 53.0 Å². The van der Waals surface area contributed by atoms with Gasteiger partial charge in [-0.05, 0) is 42.6 Å². The zero-order valence-electron chi connectivity index (χ0n) is 15.1. The average molecular weight is 387 g/mol. The topological polar surface area (TPSA) is 88.7 Å². The summed E-state index contributed by atoms with van der Waals surface area (Å²) in [5.74, 6) is 0.301. The second-order valence-corrected chi connectivity index (χ2v) is 6.72. The van der Waals surface area contributed by atoms with Crippen LogP contribution in [0.5, 0.6) is 5.75 Å².